The highest BCUT2D eigenvalue weighted by molar-refractivity contribution is 8.13. The summed E-state index contributed by atoms with van der Waals surface area (Å²) in [5.74, 6) is -1.90. The maximum Gasteiger partial charge on any atom is 0.481 e. The van der Waals surface area contributed by atoms with Crippen LogP contribution in [0, 0.1) is 5.41 Å². The molecule has 2 aromatic rings. The molecular formula is C35H58N7O19P3S. The number of aliphatic hydroxyl groups is 2. The van der Waals surface area contributed by atoms with Gasteiger partial charge in [0.25, 0.3) is 0 Å². The number of nitrogens with one attached hydrogen (secondary N) is 2. The van der Waals surface area contributed by atoms with E-state index in [4.69, 9.17) is 24.6 Å². The Morgan fingerprint density at radius 3 is 2.28 bits per heavy atom. The second-order valence-electron chi connectivity index (χ2n) is 15.4. The van der Waals surface area contributed by atoms with Crippen molar-refractivity contribution in [3.05, 3.63) is 24.8 Å². The normalized spacial score (nSPS) is 20.4. The van der Waals surface area contributed by atoms with Crippen LogP contribution in [0.2, 0.25) is 0 Å². The monoisotopic (exact) mass is 1010 g/mol. The van der Waals surface area contributed by atoms with Crippen LogP contribution in [0.1, 0.15) is 90.7 Å². The molecule has 1 fully saturated rings. The first-order chi connectivity index (χ1) is 30.4. The molecule has 2 aromatic heterocycles. The van der Waals surface area contributed by atoms with Crippen molar-refractivity contribution in [2.75, 3.05) is 37.8 Å². The number of phosphoric ester groups is 3. The van der Waals surface area contributed by atoms with Crippen molar-refractivity contribution in [3.63, 3.8) is 0 Å². The number of rotatable bonds is 31. The van der Waals surface area contributed by atoms with Gasteiger partial charge in [-0.15, -0.1) is 0 Å². The highest BCUT2D eigenvalue weighted by Gasteiger charge is 2.50. The minimum absolute atomic E-state index is 0.00839. The molecule has 0 aliphatic carbocycles. The van der Waals surface area contributed by atoms with Gasteiger partial charge in [-0.05, 0) is 32.1 Å². The van der Waals surface area contributed by atoms with Crippen LogP contribution in [-0.2, 0) is 55.5 Å². The zero-order chi connectivity index (χ0) is 48.4. The van der Waals surface area contributed by atoms with Crippen LogP contribution >= 0.6 is 35.2 Å². The highest BCUT2D eigenvalue weighted by Crippen LogP contribution is 2.61. The number of aliphatic carboxylic acids is 1. The van der Waals surface area contributed by atoms with Gasteiger partial charge in [0.2, 0.25) is 11.8 Å². The van der Waals surface area contributed by atoms with Crippen molar-refractivity contribution in [2.45, 2.75) is 115 Å². The molecule has 30 heteroatoms. The lowest BCUT2D eigenvalue weighted by Crippen LogP contribution is -2.46. The lowest BCUT2D eigenvalue weighted by Gasteiger charge is -2.30. The third kappa shape index (κ3) is 20.3. The number of ether oxygens (including phenoxy) is 1. The van der Waals surface area contributed by atoms with Crippen molar-refractivity contribution in [3.8, 4) is 0 Å². The third-order valence-corrected chi connectivity index (χ3v) is 13.5. The van der Waals surface area contributed by atoms with E-state index < -0.39 is 90.5 Å². The minimum Gasteiger partial charge on any atom is -0.481 e. The number of nitrogens with zero attached hydrogens (tertiary/aromatic N) is 4. The van der Waals surface area contributed by atoms with Crippen molar-refractivity contribution < 1.29 is 90.4 Å². The Hall–Kier alpha value is -3.23. The molecule has 0 bridgehead atoms. The van der Waals surface area contributed by atoms with Gasteiger partial charge in [-0.3, -0.25) is 37.3 Å². The molecule has 3 rings (SSSR count). The third-order valence-electron chi connectivity index (χ3n) is 9.44. The molecule has 0 saturated carbocycles. The van der Waals surface area contributed by atoms with Crippen LogP contribution < -0.4 is 16.4 Å². The Morgan fingerprint density at radius 1 is 0.923 bits per heavy atom. The minimum atomic E-state index is -5.58. The van der Waals surface area contributed by atoms with Crippen LogP contribution in [0.4, 0.5) is 5.82 Å². The van der Waals surface area contributed by atoms with E-state index in [1.165, 1.54) is 13.8 Å². The average Bonchev–Trinajstić information content (AvgIpc) is 3.77. The molecule has 7 atom stereocenters. The number of nitrogens with two attached hydrogens (primary N) is 1. The number of imidazole rings is 1. The summed E-state index contributed by atoms with van der Waals surface area (Å²) in [6.45, 7) is 0.451. The van der Waals surface area contributed by atoms with Crippen molar-refractivity contribution >= 4 is 75.1 Å². The Morgan fingerprint density at radius 2 is 1.58 bits per heavy atom. The first-order valence-electron chi connectivity index (χ1n) is 20.3. The number of amides is 2. The molecule has 7 unspecified atom stereocenters. The van der Waals surface area contributed by atoms with E-state index in [2.05, 4.69) is 40.5 Å². The summed E-state index contributed by atoms with van der Waals surface area (Å²) in [6, 6.07) is 0. The number of unbranched alkanes of at least 4 members (excludes halogenated alkanes) is 6. The smallest absolute Gasteiger partial charge is 0.481 e. The van der Waals surface area contributed by atoms with E-state index in [0.29, 0.717) is 25.0 Å². The maximum absolute atomic E-state index is 12.7. The average molecular weight is 1010 g/mol. The Kier molecular flexibility index (Phi) is 22.7. The van der Waals surface area contributed by atoms with Crippen LogP contribution in [0.15, 0.2) is 24.8 Å². The number of carbonyl (C=O) groups excluding carboxylic acids is 3. The van der Waals surface area contributed by atoms with E-state index in [9.17, 15) is 62.7 Å². The quantitative estimate of drug-likeness (QED) is 0.0294. The molecule has 65 heavy (non-hydrogen) atoms. The summed E-state index contributed by atoms with van der Waals surface area (Å²) in [7, 11) is -16.4. The molecule has 11 N–H and O–H groups in total. The number of fused-ring (bicyclic) bond motifs is 1. The van der Waals surface area contributed by atoms with Gasteiger partial charge < -0.3 is 56.0 Å². The number of hydrogen-bond acceptors (Lipinski definition) is 19. The molecule has 0 radical (unpaired) electrons. The van der Waals surface area contributed by atoms with Gasteiger partial charge in [0.15, 0.2) is 22.8 Å². The molecule has 0 aromatic carbocycles. The summed E-state index contributed by atoms with van der Waals surface area (Å²) in [4.78, 5) is 98.6. The van der Waals surface area contributed by atoms with Gasteiger partial charge in [0.1, 0.15) is 36.3 Å². The fourth-order valence-corrected chi connectivity index (χ4v) is 9.59. The Balaban J connectivity index is 1.34. The van der Waals surface area contributed by atoms with Gasteiger partial charge in [0.05, 0.1) is 19.5 Å². The topological polar surface area (TPSA) is 401 Å². The van der Waals surface area contributed by atoms with Crippen LogP contribution in [0.25, 0.3) is 11.2 Å². The van der Waals surface area contributed by atoms with Gasteiger partial charge in [-0.25, -0.2) is 28.6 Å². The molecule has 2 amide bonds. The summed E-state index contributed by atoms with van der Waals surface area (Å²) < 4.78 is 62.3. The lowest BCUT2D eigenvalue weighted by molar-refractivity contribution is -0.137. The number of anilines is 1. The summed E-state index contributed by atoms with van der Waals surface area (Å²) in [5, 5.41) is 35.1. The SMILES string of the molecule is CC(C)(COP(=O)(O)OP(=O)(O)OCC1OC(n2cnc3c(N)ncnc32)C(O)C1OP(=O)(O)O)C(O)C(=O)NCCC(=O)NCCSC(=O)CCC/C=C/CCCCCCCC(=O)O. The fraction of sp³-hybridized carbons (Fsp3) is 0.686. The predicted octanol–water partition coefficient (Wildman–Crippen LogP) is 2.21. The van der Waals surface area contributed by atoms with E-state index in [0.717, 1.165) is 67.5 Å². The molecular weight excluding hydrogens is 947 g/mol. The van der Waals surface area contributed by atoms with E-state index in [1.54, 1.807) is 0 Å². The molecule has 0 spiro atoms. The number of nitrogen functional groups attached to an aromatic ring is 1. The molecule has 1 aliphatic heterocycles. The molecule has 1 aliphatic rings. The number of aliphatic hydroxyl groups excluding tert-OH is 2. The number of aromatic nitrogens is 4. The number of phosphoric acid groups is 3. The van der Waals surface area contributed by atoms with Gasteiger partial charge in [0, 0.05) is 43.5 Å². The molecule has 368 valence electrons. The summed E-state index contributed by atoms with van der Waals surface area (Å²) in [6.07, 6.45) is 4.85. The number of carbonyl (C=O) groups is 4. The van der Waals surface area contributed by atoms with Crippen molar-refractivity contribution in [1.82, 2.24) is 30.2 Å². The molecule has 3 heterocycles. The maximum atomic E-state index is 12.7. The number of hydrogen-bond donors (Lipinski definition) is 10. The number of carboxylic acids is 1. The van der Waals surface area contributed by atoms with Crippen molar-refractivity contribution in [1.29, 1.82) is 0 Å². The van der Waals surface area contributed by atoms with Crippen LogP contribution in [0.5, 0.6) is 0 Å². The van der Waals surface area contributed by atoms with Gasteiger partial charge >= 0.3 is 29.4 Å². The standard InChI is InChI=1S/C35H58N7O19P3S/c1-35(2,30(48)33(49)38-16-15-24(43)37-17-18-65-26(46)14-12-10-8-6-4-3-5-7-9-11-13-25(44)45)20-58-64(55,56)61-63(53,54)57-19-23-29(60-62(50,51)52)28(47)34(59-23)42-22-41-27-31(36)39-21-40-32(27)42/h6,8,21-23,28-30,34,47-48H,3-5,7,9-20H2,1-2H3,(H,37,43)(H,38,49)(H,44,45)(H,53,54)(H,55,56)(H2,36,39,40)(H2,50,51,52)/b8-6+. The fourth-order valence-electron chi connectivity index (χ4n) is 6.04. The highest BCUT2D eigenvalue weighted by atomic mass is 32.2. The zero-order valence-corrected chi connectivity index (χ0v) is 39.2. The number of thioether (sulfide) groups is 1. The van der Waals surface area contributed by atoms with Crippen LogP contribution in [-0.4, -0.2) is 134 Å². The first-order valence-corrected chi connectivity index (χ1v) is 25.8. The van der Waals surface area contributed by atoms with E-state index in [1.807, 2.05) is 6.08 Å². The number of allylic oxidation sites excluding steroid dienone is 2. The second kappa shape index (κ2) is 26.3. The van der Waals surface area contributed by atoms with Gasteiger partial charge in [-0.1, -0.05) is 57.0 Å². The van der Waals surface area contributed by atoms with Crippen LogP contribution in [0.3, 0.4) is 0 Å². The zero-order valence-electron chi connectivity index (χ0n) is 35.7. The first kappa shape index (κ1) is 56.1. The summed E-state index contributed by atoms with van der Waals surface area (Å²) in [5.41, 5.74) is 4.25. The second-order valence-corrected chi connectivity index (χ2v) is 20.7. The number of carboxylic acid groups (broad SMARTS) is 1. The molecule has 1 saturated heterocycles. The molecule has 26 nitrogen and oxygen atoms in total. The van der Waals surface area contributed by atoms with Crippen molar-refractivity contribution in [2.24, 2.45) is 5.41 Å². The Labute approximate surface area is 377 Å². The Bertz CT molecular complexity index is 2070. The lowest BCUT2D eigenvalue weighted by atomic mass is 9.87. The van der Waals surface area contributed by atoms with E-state index in [-0.39, 0.29) is 48.0 Å². The summed E-state index contributed by atoms with van der Waals surface area (Å²) >= 11 is 1.09. The largest absolute Gasteiger partial charge is 0.481 e. The van der Waals surface area contributed by atoms with E-state index >= 15 is 0 Å². The van der Waals surface area contributed by atoms with Gasteiger partial charge in [-0.2, -0.15) is 4.31 Å². The predicted molar refractivity (Wildman–Crippen MR) is 230 cm³/mol.